The van der Waals surface area contributed by atoms with E-state index >= 15 is 0 Å². The molecule has 0 spiro atoms. The number of aromatic amines is 1. The number of para-hydroxylation sites is 1. The first-order valence-corrected chi connectivity index (χ1v) is 10.5. The van der Waals surface area contributed by atoms with Crippen molar-refractivity contribution in [3.8, 4) is 5.88 Å². The molecule has 1 heterocycles. The zero-order valence-electron chi connectivity index (χ0n) is 18.0. The second-order valence-electron chi connectivity index (χ2n) is 7.26. The van der Waals surface area contributed by atoms with Crippen LogP contribution in [0.4, 0.5) is 5.69 Å². The highest BCUT2D eigenvalue weighted by Crippen LogP contribution is 2.31. The number of aliphatic imine (C=N–C) groups is 1. The Balaban J connectivity index is 1.73. The first-order chi connectivity index (χ1) is 16.1. The normalized spacial score (nSPS) is 11.4. The fourth-order valence-electron chi connectivity index (χ4n) is 3.54. The summed E-state index contributed by atoms with van der Waals surface area (Å²) in [5.41, 5.74) is 3.64. The summed E-state index contributed by atoms with van der Waals surface area (Å²) in [4.78, 5) is 31.9. The summed E-state index contributed by atoms with van der Waals surface area (Å²) in [5, 5.41) is 14.1. The standard InChI is InChI=1S/C26H23N3O4/c1-2-33-22(30)16-27-25(31)18-11-8-12-19(15-18)28-24(17-9-4-3-5-10-17)23-20-13-6-7-14-21(20)29-26(23)32/h3-15,29,32H,2,16H2,1H3,(H,27,31). The van der Waals surface area contributed by atoms with Gasteiger partial charge in [-0.3, -0.25) is 9.59 Å². The fourth-order valence-corrected chi connectivity index (χ4v) is 3.54. The van der Waals surface area contributed by atoms with Gasteiger partial charge in [0.1, 0.15) is 6.54 Å². The van der Waals surface area contributed by atoms with Crippen molar-refractivity contribution < 1.29 is 19.4 Å². The molecule has 0 atom stereocenters. The van der Waals surface area contributed by atoms with E-state index in [1.165, 1.54) is 0 Å². The third-order valence-corrected chi connectivity index (χ3v) is 5.02. The average molecular weight is 441 g/mol. The van der Waals surface area contributed by atoms with E-state index in [2.05, 4.69) is 10.3 Å². The van der Waals surface area contributed by atoms with Gasteiger partial charge < -0.3 is 20.1 Å². The van der Waals surface area contributed by atoms with Gasteiger partial charge in [-0.05, 0) is 31.2 Å². The highest BCUT2D eigenvalue weighted by Gasteiger charge is 2.18. The summed E-state index contributed by atoms with van der Waals surface area (Å²) in [7, 11) is 0. The quantitative estimate of drug-likeness (QED) is 0.293. The van der Waals surface area contributed by atoms with E-state index < -0.39 is 11.9 Å². The molecule has 0 bridgehead atoms. The first kappa shape index (κ1) is 21.8. The third kappa shape index (κ3) is 4.93. The Hall–Kier alpha value is -4.39. The molecular weight excluding hydrogens is 418 g/mol. The summed E-state index contributed by atoms with van der Waals surface area (Å²) < 4.78 is 4.84. The Bertz CT molecular complexity index is 1330. The smallest absolute Gasteiger partial charge is 0.325 e. The van der Waals surface area contributed by atoms with Crippen LogP contribution in [0.5, 0.6) is 5.88 Å². The van der Waals surface area contributed by atoms with Crippen LogP contribution in [-0.4, -0.2) is 40.8 Å². The lowest BCUT2D eigenvalue weighted by Gasteiger charge is -2.09. The Morgan fingerprint density at radius 1 is 0.970 bits per heavy atom. The molecule has 3 N–H and O–H groups in total. The number of fused-ring (bicyclic) bond motifs is 1. The Morgan fingerprint density at radius 3 is 2.48 bits per heavy atom. The molecule has 0 fully saturated rings. The van der Waals surface area contributed by atoms with Crippen LogP contribution in [0, 0.1) is 0 Å². The molecule has 7 nitrogen and oxygen atoms in total. The highest BCUT2D eigenvalue weighted by molar-refractivity contribution is 6.21. The van der Waals surface area contributed by atoms with E-state index in [-0.39, 0.29) is 19.0 Å². The molecule has 0 saturated carbocycles. The number of nitrogens with zero attached hydrogens (tertiary/aromatic N) is 1. The number of carbonyl (C=O) groups excluding carboxylic acids is 2. The summed E-state index contributed by atoms with van der Waals surface area (Å²) >= 11 is 0. The highest BCUT2D eigenvalue weighted by atomic mass is 16.5. The maximum Gasteiger partial charge on any atom is 0.325 e. The minimum Gasteiger partial charge on any atom is -0.494 e. The third-order valence-electron chi connectivity index (χ3n) is 5.02. The Labute approximate surface area is 190 Å². The van der Waals surface area contributed by atoms with Crippen molar-refractivity contribution in [2.45, 2.75) is 6.92 Å². The van der Waals surface area contributed by atoms with Gasteiger partial charge in [-0.2, -0.15) is 0 Å². The molecule has 0 aliphatic rings. The molecular formula is C26H23N3O4. The van der Waals surface area contributed by atoms with Crippen molar-refractivity contribution in [3.63, 3.8) is 0 Å². The predicted octanol–water partition coefficient (Wildman–Crippen LogP) is 4.34. The number of benzene rings is 3. The minimum atomic E-state index is -0.499. The predicted molar refractivity (Wildman–Crippen MR) is 127 cm³/mol. The maximum atomic E-state index is 12.5. The monoisotopic (exact) mass is 441 g/mol. The lowest BCUT2D eigenvalue weighted by molar-refractivity contribution is -0.141. The summed E-state index contributed by atoms with van der Waals surface area (Å²) in [6, 6.07) is 23.9. The molecule has 0 saturated heterocycles. The van der Waals surface area contributed by atoms with Crippen LogP contribution >= 0.6 is 0 Å². The van der Waals surface area contributed by atoms with Crippen molar-refractivity contribution in [2.75, 3.05) is 13.2 Å². The molecule has 0 unspecified atom stereocenters. The van der Waals surface area contributed by atoms with Gasteiger partial charge in [0, 0.05) is 22.0 Å². The van der Waals surface area contributed by atoms with Crippen LogP contribution in [0.2, 0.25) is 0 Å². The van der Waals surface area contributed by atoms with Crippen molar-refractivity contribution in [1.29, 1.82) is 0 Å². The molecule has 4 rings (SSSR count). The number of esters is 1. The lowest BCUT2D eigenvalue weighted by Crippen LogP contribution is -2.30. The number of rotatable bonds is 7. The van der Waals surface area contributed by atoms with Crippen LogP contribution in [0.15, 0.2) is 83.9 Å². The topological polar surface area (TPSA) is 104 Å². The molecule has 166 valence electrons. The van der Waals surface area contributed by atoms with E-state index in [1.54, 1.807) is 31.2 Å². The molecule has 7 heteroatoms. The van der Waals surface area contributed by atoms with E-state index in [4.69, 9.17) is 9.73 Å². The van der Waals surface area contributed by atoms with E-state index in [1.807, 2.05) is 54.6 Å². The zero-order valence-corrected chi connectivity index (χ0v) is 18.0. The number of nitrogens with one attached hydrogen (secondary N) is 2. The van der Waals surface area contributed by atoms with Gasteiger partial charge in [-0.15, -0.1) is 0 Å². The molecule has 0 radical (unpaired) electrons. The van der Waals surface area contributed by atoms with Gasteiger partial charge >= 0.3 is 5.97 Å². The van der Waals surface area contributed by atoms with Crippen LogP contribution in [0.3, 0.4) is 0 Å². The minimum absolute atomic E-state index is 0.0159. The first-order valence-electron chi connectivity index (χ1n) is 10.5. The van der Waals surface area contributed by atoms with Gasteiger partial charge in [0.05, 0.1) is 23.6 Å². The van der Waals surface area contributed by atoms with Crippen LogP contribution in [0.1, 0.15) is 28.4 Å². The van der Waals surface area contributed by atoms with Gasteiger partial charge in [0.15, 0.2) is 5.88 Å². The van der Waals surface area contributed by atoms with Crippen molar-refractivity contribution in [1.82, 2.24) is 10.3 Å². The second kappa shape index (κ2) is 9.82. The number of hydrogen-bond acceptors (Lipinski definition) is 5. The number of carbonyl (C=O) groups is 2. The molecule has 1 amide bonds. The van der Waals surface area contributed by atoms with Crippen LogP contribution in [-0.2, 0) is 9.53 Å². The molecule has 3 aromatic carbocycles. The van der Waals surface area contributed by atoms with Crippen molar-refractivity contribution in [3.05, 3.63) is 95.6 Å². The molecule has 4 aromatic rings. The SMILES string of the molecule is CCOC(=O)CNC(=O)c1cccc(N=C(c2ccccc2)c2c(O)[nH]c3ccccc23)c1. The fraction of sp³-hybridized carbons (Fsp3) is 0.115. The van der Waals surface area contributed by atoms with Crippen LogP contribution in [0.25, 0.3) is 10.9 Å². The number of amides is 1. The number of aromatic nitrogens is 1. The lowest BCUT2D eigenvalue weighted by atomic mass is 10.0. The van der Waals surface area contributed by atoms with Crippen LogP contribution < -0.4 is 5.32 Å². The Morgan fingerprint density at radius 2 is 1.70 bits per heavy atom. The summed E-state index contributed by atoms with van der Waals surface area (Å²) in [6.45, 7) is 1.75. The summed E-state index contributed by atoms with van der Waals surface area (Å²) in [5.74, 6) is -0.889. The van der Waals surface area contributed by atoms with Gasteiger partial charge in [-0.25, -0.2) is 4.99 Å². The summed E-state index contributed by atoms with van der Waals surface area (Å²) in [6.07, 6.45) is 0. The largest absolute Gasteiger partial charge is 0.494 e. The van der Waals surface area contributed by atoms with Gasteiger partial charge in [-0.1, -0.05) is 54.6 Å². The maximum absolute atomic E-state index is 12.5. The van der Waals surface area contributed by atoms with E-state index in [9.17, 15) is 14.7 Å². The molecule has 1 aromatic heterocycles. The van der Waals surface area contributed by atoms with Gasteiger partial charge in [0.2, 0.25) is 0 Å². The number of ether oxygens (including phenoxy) is 1. The average Bonchev–Trinajstić information content (AvgIpc) is 3.17. The molecule has 0 aliphatic heterocycles. The van der Waals surface area contributed by atoms with Crippen molar-refractivity contribution >= 4 is 34.2 Å². The van der Waals surface area contributed by atoms with Crippen molar-refractivity contribution in [2.24, 2.45) is 4.99 Å². The number of aromatic hydroxyl groups is 1. The van der Waals surface area contributed by atoms with Gasteiger partial charge in [0.25, 0.3) is 5.91 Å². The van der Waals surface area contributed by atoms with E-state index in [0.29, 0.717) is 22.5 Å². The zero-order chi connectivity index (χ0) is 23.2. The second-order valence-corrected chi connectivity index (χ2v) is 7.26. The number of hydrogen-bond donors (Lipinski definition) is 3. The number of H-pyrrole nitrogens is 1. The molecule has 0 aliphatic carbocycles. The molecule has 33 heavy (non-hydrogen) atoms. The Kier molecular flexibility index (Phi) is 6.50. The van der Waals surface area contributed by atoms with E-state index in [0.717, 1.165) is 16.5 Å².